The Morgan fingerprint density at radius 2 is 2.00 bits per heavy atom. The molecule has 2 atom stereocenters. The van der Waals surface area contributed by atoms with Gasteiger partial charge in [-0.1, -0.05) is 26.2 Å². The summed E-state index contributed by atoms with van der Waals surface area (Å²) in [6, 6.07) is 0.655. The molecule has 98 valence electrons. The molecule has 0 radical (unpaired) electrons. The van der Waals surface area contributed by atoms with Crippen LogP contribution < -0.4 is 0 Å². The summed E-state index contributed by atoms with van der Waals surface area (Å²) in [5.74, 6) is -1.04. The molecule has 1 heterocycles. The fourth-order valence-corrected chi connectivity index (χ4v) is 3.28. The summed E-state index contributed by atoms with van der Waals surface area (Å²) in [4.78, 5) is 13.6. The molecule has 0 aromatic rings. The molecule has 0 bridgehead atoms. The number of rotatable bonds is 4. The van der Waals surface area contributed by atoms with Crippen LogP contribution in [0.3, 0.4) is 0 Å². The molecule has 4 heteroatoms. The molecule has 2 aliphatic rings. The molecule has 0 amide bonds. The highest BCUT2D eigenvalue weighted by Crippen LogP contribution is 2.28. The molecular weight excluding hydrogens is 218 g/mol. The summed E-state index contributed by atoms with van der Waals surface area (Å²) in [6.45, 7) is 4.03. The monoisotopic (exact) mass is 241 g/mol. The van der Waals surface area contributed by atoms with Gasteiger partial charge in [0.05, 0.1) is 19.1 Å². The summed E-state index contributed by atoms with van der Waals surface area (Å²) < 4.78 is 5.38. The highest BCUT2D eigenvalue weighted by atomic mass is 16.5. The Hall–Kier alpha value is -0.610. The van der Waals surface area contributed by atoms with E-state index >= 15 is 0 Å². The highest BCUT2D eigenvalue weighted by molar-refractivity contribution is 5.71. The first-order valence-electron chi connectivity index (χ1n) is 6.80. The number of likely N-dealkylation sites (N-methyl/N-ethyl adjacent to an activating group) is 1. The van der Waals surface area contributed by atoms with Crippen LogP contribution in [0.5, 0.6) is 0 Å². The van der Waals surface area contributed by atoms with Crippen LogP contribution in [0.2, 0.25) is 0 Å². The number of ether oxygens (including phenoxy) is 1. The fourth-order valence-electron chi connectivity index (χ4n) is 3.28. The minimum Gasteiger partial charge on any atom is -0.481 e. The minimum atomic E-state index is -0.707. The standard InChI is InChI=1S/C13H23NO3/c1-2-14(10-6-4-3-5-7-10)12-9-17-8-11(12)13(15)16/h10-12H,2-9H2,1H3,(H,15,16). The van der Waals surface area contributed by atoms with E-state index in [0.717, 1.165) is 6.54 Å². The first-order chi connectivity index (χ1) is 8.24. The van der Waals surface area contributed by atoms with Gasteiger partial charge in [-0.05, 0) is 19.4 Å². The predicted octanol–water partition coefficient (Wildman–Crippen LogP) is 1.74. The maximum atomic E-state index is 11.2. The Morgan fingerprint density at radius 1 is 1.29 bits per heavy atom. The molecule has 0 aromatic heterocycles. The van der Waals surface area contributed by atoms with Crippen molar-refractivity contribution in [3.63, 3.8) is 0 Å². The fraction of sp³-hybridized carbons (Fsp3) is 0.923. The van der Waals surface area contributed by atoms with E-state index in [9.17, 15) is 9.90 Å². The van der Waals surface area contributed by atoms with E-state index in [2.05, 4.69) is 11.8 Å². The second kappa shape index (κ2) is 5.83. The lowest BCUT2D eigenvalue weighted by Crippen LogP contribution is -2.49. The van der Waals surface area contributed by atoms with Gasteiger partial charge in [0, 0.05) is 12.1 Å². The smallest absolute Gasteiger partial charge is 0.310 e. The number of hydrogen-bond donors (Lipinski definition) is 1. The van der Waals surface area contributed by atoms with Crippen LogP contribution in [0.1, 0.15) is 39.0 Å². The molecule has 1 aliphatic heterocycles. The minimum absolute atomic E-state index is 0.0839. The van der Waals surface area contributed by atoms with E-state index in [1.54, 1.807) is 0 Å². The third-order valence-electron chi connectivity index (χ3n) is 4.20. The number of aliphatic carboxylic acids is 1. The topological polar surface area (TPSA) is 49.8 Å². The van der Waals surface area contributed by atoms with Crippen molar-refractivity contribution in [2.45, 2.75) is 51.1 Å². The van der Waals surface area contributed by atoms with E-state index in [1.807, 2.05) is 0 Å². The van der Waals surface area contributed by atoms with Crippen LogP contribution in [0.25, 0.3) is 0 Å². The third-order valence-corrected chi connectivity index (χ3v) is 4.20. The lowest BCUT2D eigenvalue weighted by molar-refractivity contribution is -0.143. The van der Waals surface area contributed by atoms with Gasteiger partial charge >= 0.3 is 5.97 Å². The first kappa shape index (κ1) is 12.8. The molecular formula is C13H23NO3. The van der Waals surface area contributed by atoms with E-state index in [-0.39, 0.29) is 12.0 Å². The van der Waals surface area contributed by atoms with Gasteiger partial charge in [-0.2, -0.15) is 0 Å². The molecule has 1 N–H and O–H groups in total. The number of carboxylic acids is 1. The molecule has 2 unspecified atom stereocenters. The van der Waals surface area contributed by atoms with Crippen molar-refractivity contribution in [1.82, 2.24) is 4.90 Å². The van der Waals surface area contributed by atoms with Gasteiger partial charge in [-0.3, -0.25) is 9.69 Å². The normalized spacial score (nSPS) is 30.9. The first-order valence-corrected chi connectivity index (χ1v) is 6.80. The second-order valence-corrected chi connectivity index (χ2v) is 5.17. The number of hydrogen-bond acceptors (Lipinski definition) is 3. The van der Waals surface area contributed by atoms with Gasteiger partial charge in [0.15, 0.2) is 0 Å². The molecule has 1 aliphatic carbocycles. The predicted molar refractivity (Wildman–Crippen MR) is 65.0 cm³/mol. The van der Waals surface area contributed by atoms with Crippen molar-refractivity contribution in [3.8, 4) is 0 Å². The van der Waals surface area contributed by atoms with E-state index < -0.39 is 5.97 Å². The van der Waals surface area contributed by atoms with Crippen molar-refractivity contribution in [3.05, 3.63) is 0 Å². The van der Waals surface area contributed by atoms with Crippen LogP contribution >= 0.6 is 0 Å². The van der Waals surface area contributed by atoms with Crippen molar-refractivity contribution >= 4 is 5.97 Å². The van der Waals surface area contributed by atoms with Gasteiger partial charge in [0.2, 0.25) is 0 Å². The Morgan fingerprint density at radius 3 is 2.59 bits per heavy atom. The zero-order valence-electron chi connectivity index (χ0n) is 10.6. The van der Waals surface area contributed by atoms with Crippen molar-refractivity contribution in [2.24, 2.45) is 5.92 Å². The zero-order chi connectivity index (χ0) is 12.3. The molecule has 0 aromatic carbocycles. The molecule has 2 rings (SSSR count). The Balaban J connectivity index is 2.03. The van der Waals surface area contributed by atoms with Crippen molar-refractivity contribution < 1.29 is 14.6 Å². The van der Waals surface area contributed by atoms with Gasteiger partial charge < -0.3 is 9.84 Å². The summed E-state index contributed by atoms with van der Waals surface area (Å²) in [5.41, 5.74) is 0. The van der Waals surface area contributed by atoms with Crippen LogP contribution in [0.4, 0.5) is 0 Å². The maximum Gasteiger partial charge on any atom is 0.310 e. The van der Waals surface area contributed by atoms with Gasteiger partial charge in [0.25, 0.3) is 0 Å². The summed E-state index contributed by atoms with van der Waals surface area (Å²) in [6.07, 6.45) is 6.34. The summed E-state index contributed by atoms with van der Waals surface area (Å²) >= 11 is 0. The molecule has 4 nitrogen and oxygen atoms in total. The van der Waals surface area contributed by atoms with Crippen LogP contribution in [0.15, 0.2) is 0 Å². The largest absolute Gasteiger partial charge is 0.481 e. The highest BCUT2D eigenvalue weighted by Gasteiger charge is 2.39. The van der Waals surface area contributed by atoms with E-state index in [1.165, 1.54) is 32.1 Å². The quantitative estimate of drug-likeness (QED) is 0.814. The van der Waals surface area contributed by atoms with Gasteiger partial charge in [0.1, 0.15) is 0 Å². The Labute approximate surface area is 103 Å². The van der Waals surface area contributed by atoms with Gasteiger partial charge in [-0.25, -0.2) is 0 Å². The van der Waals surface area contributed by atoms with Crippen LogP contribution in [0, 0.1) is 5.92 Å². The average molecular weight is 241 g/mol. The molecule has 2 fully saturated rings. The Bertz CT molecular complexity index is 263. The second-order valence-electron chi connectivity index (χ2n) is 5.17. The lowest BCUT2D eigenvalue weighted by Gasteiger charge is -2.38. The number of carbonyl (C=O) groups is 1. The SMILES string of the molecule is CCN(C1CCCCC1)C1COCC1C(=O)O. The lowest BCUT2D eigenvalue weighted by atomic mass is 9.91. The van der Waals surface area contributed by atoms with Crippen LogP contribution in [-0.2, 0) is 9.53 Å². The van der Waals surface area contributed by atoms with Crippen LogP contribution in [-0.4, -0.2) is 47.8 Å². The van der Waals surface area contributed by atoms with E-state index in [0.29, 0.717) is 19.3 Å². The number of carboxylic acid groups (broad SMARTS) is 1. The average Bonchev–Trinajstić information content (AvgIpc) is 2.81. The molecule has 1 saturated carbocycles. The van der Waals surface area contributed by atoms with Gasteiger partial charge in [-0.15, -0.1) is 0 Å². The maximum absolute atomic E-state index is 11.2. The molecule has 17 heavy (non-hydrogen) atoms. The number of nitrogens with zero attached hydrogens (tertiary/aromatic N) is 1. The van der Waals surface area contributed by atoms with Crippen molar-refractivity contribution in [1.29, 1.82) is 0 Å². The zero-order valence-corrected chi connectivity index (χ0v) is 10.6. The molecule has 1 saturated heterocycles. The summed E-state index contributed by atoms with van der Waals surface area (Å²) in [5, 5.41) is 9.22. The molecule has 0 spiro atoms. The Kier molecular flexibility index (Phi) is 4.40. The van der Waals surface area contributed by atoms with Crippen molar-refractivity contribution in [2.75, 3.05) is 19.8 Å². The van der Waals surface area contributed by atoms with E-state index in [4.69, 9.17) is 4.74 Å². The summed E-state index contributed by atoms with van der Waals surface area (Å²) in [7, 11) is 0. The third kappa shape index (κ3) is 2.80.